The van der Waals surface area contributed by atoms with Gasteiger partial charge in [-0.05, 0) is 13.8 Å². The van der Waals surface area contributed by atoms with Gasteiger partial charge >= 0.3 is 0 Å². The summed E-state index contributed by atoms with van der Waals surface area (Å²) in [5, 5.41) is 12.2. The molecule has 1 aromatic heterocycles. The second kappa shape index (κ2) is 4.93. The summed E-state index contributed by atoms with van der Waals surface area (Å²) in [5.41, 5.74) is 6.58. The molecular weight excluding hydrogens is 192 g/mol. The Bertz CT molecular complexity index is 338. The second-order valence-corrected chi connectivity index (χ2v) is 3.58. The first-order valence-corrected chi connectivity index (χ1v) is 5.09. The molecule has 1 aromatic rings. The first-order valence-electron chi connectivity index (χ1n) is 5.09. The number of aliphatic hydroxyl groups excluding tert-OH is 1. The minimum Gasteiger partial charge on any atom is -0.392 e. The van der Waals surface area contributed by atoms with Crippen molar-refractivity contribution < 1.29 is 5.11 Å². The molecule has 0 aromatic carbocycles. The van der Waals surface area contributed by atoms with Gasteiger partial charge in [0.05, 0.1) is 6.10 Å². The van der Waals surface area contributed by atoms with Gasteiger partial charge < -0.3 is 16.2 Å². The molecule has 1 atom stereocenters. The maximum Gasteiger partial charge on any atom is 0.134 e. The van der Waals surface area contributed by atoms with Crippen LogP contribution in [-0.2, 0) is 6.42 Å². The van der Waals surface area contributed by atoms with Gasteiger partial charge in [0.1, 0.15) is 17.5 Å². The lowest BCUT2D eigenvalue weighted by Crippen LogP contribution is -2.18. The molecule has 0 aliphatic heterocycles. The molecule has 0 fully saturated rings. The molecule has 0 radical (unpaired) electrons. The smallest absolute Gasteiger partial charge is 0.134 e. The number of nitrogens with two attached hydrogens (primary N) is 1. The summed E-state index contributed by atoms with van der Waals surface area (Å²) in [6, 6.07) is 0. The van der Waals surface area contributed by atoms with Gasteiger partial charge in [-0.15, -0.1) is 0 Å². The molecule has 0 amide bonds. The van der Waals surface area contributed by atoms with E-state index in [0.717, 1.165) is 12.0 Å². The van der Waals surface area contributed by atoms with Gasteiger partial charge in [-0.25, -0.2) is 9.97 Å². The Hall–Kier alpha value is -1.36. The van der Waals surface area contributed by atoms with E-state index in [1.165, 1.54) is 0 Å². The van der Waals surface area contributed by atoms with E-state index in [1.807, 2.05) is 13.8 Å². The van der Waals surface area contributed by atoms with Crippen molar-refractivity contribution in [2.24, 2.45) is 0 Å². The van der Waals surface area contributed by atoms with Crippen LogP contribution in [0, 0.1) is 6.92 Å². The SMILES string of the molecule is CCc1nc(N)c(C)c(NCC(C)O)n1. The molecule has 0 aliphatic carbocycles. The number of hydrogen-bond acceptors (Lipinski definition) is 5. The van der Waals surface area contributed by atoms with Crippen LogP contribution in [0.4, 0.5) is 11.6 Å². The van der Waals surface area contributed by atoms with Gasteiger partial charge in [-0.3, -0.25) is 0 Å². The molecule has 1 unspecified atom stereocenters. The van der Waals surface area contributed by atoms with Crippen LogP contribution in [0.3, 0.4) is 0 Å². The molecule has 5 nitrogen and oxygen atoms in total. The average Bonchev–Trinajstić information content (AvgIpc) is 2.19. The maximum atomic E-state index is 9.16. The van der Waals surface area contributed by atoms with Crippen molar-refractivity contribution in [2.75, 3.05) is 17.6 Å². The molecule has 0 saturated carbocycles. The predicted molar refractivity (Wildman–Crippen MR) is 60.7 cm³/mol. The summed E-state index contributed by atoms with van der Waals surface area (Å²) in [6.45, 7) is 6.01. The molecule has 5 heteroatoms. The molecule has 0 saturated heterocycles. The van der Waals surface area contributed by atoms with E-state index in [0.29, 0.717) is 24.0 Å². The average molecular weight is 210 g/mol. The molecule has 1 rings (SSSR count). The molecule has 15 heavy (non-hydrogen) atoms. The Morgan fingerprint density at radius 2 is 2.13 bits per heavy atom. The van der Waals surface area contributed by atoms with Crippen molar-refractivity contribution in [3.05, 3.63) is 11.4 Å². The maximum absolute atomic E-state index is 9.16. The quantitative estimate of drug-likeness (QED) is 0.682. The Labute approximate surface area is 89.7 Å². The van der Waals surface area contributed by atoms with E-state index >= 15 is 0 Å². The topological polar surface area (TPSA) is 84.1 Å². The summed E-state index contributed by atoms with van der Waals surface area (Å²) in [4.78, 5) is 8.45. The van der Waals surface area contributed by atoms with Crippen molar-refractivity contribution in [1.82, 2.24) is 9.97 Å². The van der Waals surface area contributed by atoms with Gasteiger partial charge in [0, 0.05) is 18.5 Å². The summed E-state index contributed by atoms with van der Waals surface area (Å²) >= 11 is 0. The highest BCUT2D eigenvalue weighted by atomic mass is 16.3. The van der Waals surface area contributed by atoms with Crippen molar-refractivity contribution in [2.45, 2.75) is 33.3 Å². The Kier molecular flexibility index (Phi) is 3.85. The van der Waals surface area contributed by atoms with Crippen molar-refractivity contribution >= 4 is 11.6 Å². The third kappa shape index (κ3) is 3.06. The number of aryl methyl sites for hydroxylation is 1. The number of aliphatic hydroxyl groups is 1. The van der Waals surface area contributed by atoms with Crippen LogP contribution in [-0.4, -0.2) is 27.7 Å². The van der Waals surface area contributed by atoms with Crippen LogP contribution in [0.5, 0.6) is 0 Å². The summed E-state index contributed by atoms with van der Waals surface area (Å²) < 4.78 is 0. The molecule has 0 spiro atoms. The van der Waals surface area contributed by atoms with E-state index in [9.17, 15) is 0 Å². The van der Waals surface area contributed by atoms with Crippen LogP contribution in [0.15, 0.2) is 0 Å². The van der Waals surface area contributed by atoms with Gasteiger partial charge in [0.2, 0.25) is 0 Å². The Morgan fingerprint density at radius 1 is 1.47 bits per heavy atom. The fourth-order valence-corrected chi connectivity index (χ4v) is 1.16. The lowest BCUT2D eigenvalue weighted by atomic mass is 10.3. The summed E-state index contributed by atoms with van der Waals surface area (Å²) in [5.74, 6) is 1.92. The zero-order valence-corrected chi connectivity index (χ0v) is 9.41. The second-order valence-electron chi connectivity index (χ2n) is 3.58. The number of hydrogen-bond donors (Lipinski definition) is 3. The number of nitrogen functional groups attached to an aromatic ring is 1. The fourth-order valence-electron chi connectivity index (χ4n) is 1.16. The number of aromatic nitrogens is 2. The number of nitrogens with zero attached hydrogens (tertiary/aromatic N) is 2. The highest BCUT2D eigenvalue weighted by Crippen LogP contribution is 2.17. The molecule has 0 aliphatic rings. The van der Waals surface area contributed by atoms with E-state index in [4.69, 9.17) is 10.8 Å². The molecule has 4 N–H and O–H groups in total. The first-order chi connectivity index (χ1) is 7.04. The summed E-state index contributed by atoms with van der Waals surface area (Å²) in [6.07, 6.45) is 0.332. The monoisotopic (exact) mass is 210 g/mol. The third-order valence-corrected chi connectivity index (χ3v) is 2.11. The standard InChI is InChI=1S/C10H18N4O/c1-4-8-13-9(11)7(3)10(14-8)12-5-6(2)15/h6,15H,4-5H2,1-3H3,(H3,11,12,13,14). The van der Waals surface area contributed by atoms with E-state index < -0.39 is 6.10 Å². The molecule has 1 heterocycles. The highest BCUT2D eigenvalue weighted by Gasteiger charge is 2.07. The van der Waals surface area contributed by atoms with Crippen LogP contribution < -0.4 is 11.1 Å². The van der Waals surface area contributed by atoms with Gasteiger partial charge in [0.15, 0.2) is 0 Å². The van der Waals surface area contributed by atoms with Crippen molar-refractivity contribution in [1.29, 1.82) is 0 Å². The number of nitrogens with one attached hydrogen (secondary N) is 1. The minimum atomic E-state index is -0.411. The van der Waals surface area contributed by atoms with Crippen LogP contribution in [0.25, 0.3) is 0 Å². The Morgan fingerprint density at radius 3 is 2.67 bits per heavy atom. The highest BCUT2D eigenvalue weighted by molar-refractivity contribution is 5.54. The molecular formula is C10H18N4O. The Balaban J connectivity index is 2.90. The first kappa shape index (κ1) is 11.7. The minimum absolute atomic E-state index is 0.411. The number of anilines is 2. The van der Waals surface area contributed by atoms with Crippen molar-refractivity contribution in [3.63, 3.8) is 0 Å². The van der Waals surface area contributed by atoms with Gasteiger partial charge in [0.25, 0.3) is 0 Å². The molecule has 0 bridgehead atoms. The lowest BCUT2D eigenvalue weighted by Gasteiger charge is -2.12. The van der Waals surface area contributed by atoms with Gasteiger partial charge in [-0.1, -0.05) is 6.92 Å². The van der Waals surface area contributed by atoms with E-state index in [-0.39, 0.29) is 0 Å². The fraction of sp³-hybridized carbons (Fsp3) is 0.600. The predicted octanol–water partition coefficient (Wildman–Crippen LogP) is 0.722. The van der Waals surface area contributed by atoms with E-state index in [2.05, 4.69) is 15.3 Å². The van der Waals surface area contributed by atoms with Gasteiger partial charge in [-0.2, -0.15) is 0 Å². The molecule has 84 valence electrons. The van der Waals surface area contributed by atoms with Crippen LogP contribution >= 0.6 is 0 Å². The summed E-state index contributed by atoms with van der Waals surface area (Å²) in [7, 11) is 0. The normalized spacial score (nSPS) is 12.5. The van der Waals surface area contributed by atoms with Crippen molar-refractivity contribution in [3.8, 4) is 0 Å². The van der Waals surface area contributed by atoms with E-state index in [1.54, 1.807) is 6.92 Å². The zero-order chi connectivity index (χ0) is 11.4. The lowest BCUT2D eigenvalue weighted by molar-refractivity contribution is 0.208. The third-order valence-electron chi connectivity index (χ3n) is 2.11. The van der Waals surface area contributed by atoms with Crippen LogP contribution in [0.1, 0.15) is 25.2 Å². The largest absolute Gasteiger partial charge is 0.392 e. The van der Waals surface area contributed by atoms with Crippen LogP contribution in [0.2, 0.25) is 0 Å². The number of rotatable bonds is 4. The zero-order valence-electron chi connectivity index (χ0n) is 9.41.